The van der Waals surface area contributed by atoms with Gasteiger partial charge in [-0.25, -0.2) is 0 Å². The van der Waals surface area contributed by atoms with E-state index in [9.17, 15) is 0 Å². The minimum Gasteiger partial charge on any atom is -0.484 e. The van der Waals surface area contributed by atoms with E-state index in [1.165, 1.54) is 10.4 Å². The van der Waals surface area contributed by atoms with Crippen LogP contribution in [0.4, 0.5) is 0 Å². The molecule has 1 aromatic carbocycles. The molecule has 3 rings (SSSR count). The zero-order valence-electron chi connectivity index (χ0n) is 11.0. The maximum absolute atomic E-state index is 6.19. The fourth-order valence-electron chi connectivity index (χ4n) is 2.55. The third-order valence-corrected chi connectivity index (χ3v) is 6.79. The summed E-state index contributed by atoms with van der Waals surface area (Å²) in [6.07, 6.45) is 1.08. The van der Waals surface area contributed by atoms with Crippen LogP contribution in [0, 0.1) is 0 Å². The molecule has 2 aromatic rings. The predicted octanol–water partition coefficient (Wildman–Crippen LogP) is 5.45. The van der Waals surface area contributed by atoms with E-state index in [0.29, 0.717) is 6.04 Å². The van der Waals surface area contributed by atoms with Crippen LogP contribution in [0.3, 0.4) is 0 Å². The molecule has 20 heavy (non-hydrogen) atoms. The van der Waals surface area contributed by atoms with Gasteiger partial charge in [-0.2, -0.15) is 0 Å². The van der Waals surface area contributed by atoms with Crippen molar-refractivity contribution < 1.29 is 4.74 Å². The standard InChI is InChI=1S/C15H15Br2NOS/c1-2-18-11-8-13(14-7-10(16)15(17)20-14)19-12-6-4-3-5-9(11)12/h3-7,11,13,18H,2,8H2,1H3. The summed E-state index contributed by atoms with van der Waals surface area (Å²) < 4.78 is 8.41. The fourth-order valence-corrected chi connectivity index (χ4v) is 4.69. The molecular weight excluding hydrogens is 402 g/mol. The molecule has 0 radical (unpaired) electrons. The Morgan fingerprint density at radius 1 is 1.35 bits per heavy atom. The summed E-state index contributed by atoms with van der Waals surface area (Å²) in [6, 6.07) is 10.8. The lowest BCUT2D eigenvalue weighted by atomic mass is 9.96. The first-order valence-electron chi connectivity index (χ1n) is 6.62. The molecule has 2 heterocycles. The number of thiophene rings is 1. The Bertz CT molecular complexity index is 594. The molecule has 1 aromatic heterocycles. The second-order valence-electron chi connectivity index (χ2n) is 4.76. The van der Waals surface area contributed by atoms with Crippen molar-refractivity contribution in [2.45, 2.75) is 25.5 Å². The lowest BCUT2D eigenvalue weighted by Crippen LogP contribution is -2.28. The number of fused-ring (bicyclic) bond motifs is 1. The normalized spacial score (nSPS) is 21.4. The van der Waals surface area contributed by atoms with Gasteiger partial charge in [0.2, 0.25) is 0 Å². The van der Waals surface area contributed by atoms with Gasteiger partial charge in [-0.1, -0.05) is 25.1 Å². The second kappa shape index (κ2) is 6.18. The maximum atomic E-state index is 6.19. The van der Waals surface area contributed by atoms with Gasteiger partial charge in [0.05, 0.1) is 3.79 Å². The maximum Gasteiger partial charge on any atom is 0.135 e. The smallest absolute Gasteiger partial charge is 0.135 e. The summed E-state index contributed by atoms with van der Waals surface area (Å²) >= 11 is 8.85. The van der Waals surface area contributed by atoms with Crippen molar-refractivity contribution in [2.24, 2.45) is 0 Å². The summed E-state index contributed by atoms with van der Waals surface area (Å²) in [4.78, 5) is 1.25. The first kappa shape index (κ1) is 14.6. The highest BCUT2D eigenvalue weighted by molar-refractivity contribution is 9.13. The van der Waals surface area contributed by atoms with E-state index < -0.39 is 0 Å². The first-order chi connectivity index (χ1) is 9.69. The van der Waals surface area contributed by atoms with Gasteiger partial charge in [0, 0.05) is 27.4 Å². The zero-order chi connectivity index (χ0) is 14.1. The molecular formula is C15H15Br2NOS. The summed E-state index contributed by atoms with van der Waals surface area (Å²) in [7, 11) is 0. The zero-order valence-corrected chi connectivity index (χ0v) is 15.0. The Morgan fingerprint density at radius 2 is 2.15 bits per heavy atom. The molecule has 106 valence electrons. The largest absolute Gasteiger partial charge is 0.484 e. The van der Waals surface area contributed by atoms with Gasteiger partial charge in [-0.05, 0) is 50.5 Å². The monoisotopic (exact) mass is 415 g/mol. The highest BCUT2D eigenvalue weighted by atomic mass is 79.9. The fraction of sp³-hybridized carbons (Fsp3) is 0.333. The lowest BCUT2D eigenvalue weighted by molar-refractivity contribution is 0.155. The van der Waals surface area contributed by atoms with Crippen LogP contribution in [-0.4, -0.2) is 6.54 Å². The molecule has 0 saturated carbocycles. The Kier molecular flexibility index (Phi) is 4.50. The second-order valence-corrected chi connectivity index (χ2v) is 8.02. The first-order valence-corrected chi connectivity index (χ1v) is 9.03. The molecule has 5 heteroatoms. The predicted molar refractivity (Wildman–Crippen MR) is 90.6 cm³/mol. The van der Waals surface area contributed by atoms with Gasteiger partial charge in [0.25, 0.3) is 0 Å². The van der Waals surface area contributed by atoms with Crippen LogP contribution >= 0.6 is 43.2 Å². The van der Waals surface area contributed by atoms with E-state index in [4.69, 9.17) is 4.74 Å². The average molecular weight is 417 g/mol. The van der Waals surface area contributed by atoms with Crippen LogP contribution in [0.1, 0.15) is 35.9 Å². The number of para-hydroxylation sites is 1. The minimum atomic E-state index is 0.113. The number of rotatable bonds is 3. The van der Waals surface area contributed by atoms with Crippen molar-refractivity contribution in [3.63, 3.8) is 0 Å². The average Bonchev–Trinajstić information content (AvgIpc) is 2.79. The summed E-state index contributed by atoms with van der Waals surface area (Å²) in [5.74, 6) is 0.996. The van der Waals surface area contributed by atoms with E-state index in [1.54, 1.807) is 11.3 Å². The molecule has 1 aliphatic heterocycles. The van der Waals surface area contributed by atoms with Gasteiger partial charge in [0.1, 0.15) is 11.9 Å². The molecule has 2 unspecified atom stereocenters. The number of benzene rings is 1. The molecule has 0 bridgehead atoms. The Hall–Kier alpha value is -0.360. The molecule has 1 aliphatic rings. The highest BCUT2D eigenvalue weighted by Crippen LogP contribution is 2.44. The van der Waals surface area contributed by atoms with Gasteiger partial charge in [-0.15, -0.1) is 11.3 Å². The molecule has 1 N–H and O–H groups in total. The minimum absolute atomic E-state index is 0.113. The molecule has 0 spiro atoms. The summed E-state index contributed by atoms with van der Waals surface area (Å²) in [5, 5.41) is 3.56. The van der Waals surface area contributed by atoms with Crippen LogP contribution in [0.15, 0.2) is 38.6 Å². The van der Waals surface area contributed by atoms with Crippen LogP contribution in [0.2, 0.25) is 0 Å². The van der Waals surface area contributed by atoms with Crippen molar-refractivity contribution >= 4 is 43.2 Å². The summed E-state index contributed by atoms with van der Waals surface area (Å²) in [5.41, 5.74) is 1.26. The van der Waals surface area contributed by atoms with E-state index >= 15 is 0 Å². The third kappa shape index (κ3) is 2.82. The van der Waals surface area contributed by atoms with E-state index in [2.05, 4.69) is 68.4 Å². The highest BCUT2D eigenvalue weighted by Gasteiger charge is 2.29. The Balaban J connectivity index is 1.93. The number of halogens is 2. The van der Waals surface area contributed by atoms with Gasteiger partial charge in [-0.3, -0.25) is 0 Å². The SMILES string of the molecule is CCNC1CC(c2cc(Br)c(Br)s2)Oc2ccccc21. The molecule has 0 saturated heterocycles. The Morgan fingerprint density at radius 3 is 2.85 bits per heavy atom. The van der Waals surface area contributed by atoms with E-state index in [1.807, 2.05) is 6.07 Å². The van der Waals surface area contributed by atoms with Gasteiger partial charge < -0.3 is 10.1 Å². The lowest BCUT2D eigenvalue weighted by Gasteiger charge is -2.32. The topological polar surface area (TPSA) is 21.3 Å². The molecule has 0 fully saturated rings. The van der Waals surface area contributed by atoms with Gasteiger partial charge >= 0.3 is 0 Å². The van der Waals surface area contributed by atoms with Gasteiger partial charge in [0.15, 0.2) is 0 Å². The number of hydrogen-bond acceptors (Lipinski definition) is 3. The Labute approximate surface area is 139 Å². The van der Waals surface area contributed by atoms with Crippen molar-refractivity contribution in [3.8, 4) is 5.75 Å². The quantitative estimate of drug-likeness (QED) is 0.718. The molecule has 0 aliphatic carbocycles. The van der Waals surface area contributed by atoms with Crippen LogP contribution in [0.5, 0.6) is 5.75 Å². The number of ether oxygens (including phenoxy) is 1. The number of nitrogens with one attached hydrogen (secondary N) is 1. The summed E-state index contributed by atoms with van der Waals surface area (Å²) in [6.45, 7) is 3.11. The van der Waals surface area contributed by atoms with Crippen molar-refractivity contribution in [3.05, 3.63) is 49.0 Å². The van der Waals surface area contributed by atoms with Crippen molar-refractivity contribution in [2.75, 3.05) is 6.54 Å². The van der Waals surface area contributed by atoms with Crippen molar-refractivity contribution in [1.29, 1.82) is 0 Å². The van der Waals surface area contributed by atoms with Crippen LogP contribution < -0.4 is 10.1 Å². The van der Waals surface area contributed by atoms with E-state index in [-0.39, 0.29) is 6.10 Å². The number of hydrogen-bond donors (Lipinski definition) is 1. The third-order valence-electron chi connectivity index (χ3n) is 3.45. The van der Waals surface area contributed by atoms with Crippen LogP contribution in [0.25, 0.3) is 0 Å². The molecule has 2 atom stereocenters. The van der Waals surface area contributed by atoms with Crippen LogP contribution in [-0.2, 0) is 0 Å². The van der Waals surface area contributed by atoms with E-state index in [0.717, 1.165) is 27.0 Å². The van der Waals surface area contributed by atoms with Crippen molar-refractivity contribution in [1.82, 2.24) is 5.32 Å². The molecule has 2 nitrogen and oxygen atoms in total. The molecule has 0 amide bonds.